The zero-order valence-electron chi connectivity index (χ0n) is 14.9. The lowest BCUT2D eigenvalue weighted by Crippen LogP contribution is -2.47. The number of halogens is 1. The fraction of sp³-hybridized carbons (Fsp3) is 0.368. The molecule has 0 aliphatic carbocycles. The topological polar surface area (TPSA) is 52.7 Å². The van der Waals surface area contributed by atoms with E-state index in [4.69, 9.17) is 0 Å². The number of nitrogens with one attached hydrogen (secondary N) is 1. The zero-order chi connectivity index (χ0) is 18.7. The molecule has 26 heavy (non-hydrogen) atoms. The van der Waals surface area contributed by atoms with Crippen LogP contribution in [0.2, 0.25) is 0 Å². The second-order valence-corrected chi connectivity index (χ2v) is 7.54. The molecule has 5 nitrogen and oxygen atoms in total. The fourth-order valence-electron chi connectivity index (χ4n) is 3.13. The molecule has 0 spiro atoms. The molecule has 0 saturated carbocycles. The summed E-state index contributed by atoms with van der Waals surface area (Å²) in [6.07, 6.45) is 1.56. The number of benzene rings is 1. The Kier molecular flexibility index (Phi) is 5.56. The molecule has 3 amide bonds. The lowest BCUT2D eigenvalue weighted by molar-refractivity contribution is -0.130. The fourth-order valence-corrected chi connectivity index (χ4v) is 4.02. The average molecular weight is 375 g/mol. The van der Waals surface area contributed by atoms with E-state index in [1.165, 1.54) is 23.5 Å². The van der Waals surface area contributed by atoms with Crippen molar-refractivity contribution in [3.63, 3.8) is 0 Å². The van der Waals surface area contributed by atoms with Crippen LogP contribution < -0.4 is 5.32 Å². The molecule has 1 aromatic heterocycles. The molecule has 0 atom stereocenters. The first-order valence-corrected chi connectivity index (χ1v) is 9.41. The molecular weight excluding hydrogens is 353 g/mol. The number of urea groups is 1. The third-order valence-corrected chi connectivity index (χ3v) is 5.77. The molecule has 2 aromatic rings. The van der Waals surface area contributed by atoms with Crippen molar-refractivity contribution in [1.29, 1.82) is 0 Å². The summed E-state index contributed by atoms with van der Waals surface area (Å²) in [6.45, 7) is 2.93. The van der Waals surface area contributed by atoms with Gasteiger partial charge in [-0.15, -0.1) is 11.3 Å². The summed E-state index contributed by atoms with van der Waals surface area (Å²) in [7, 11) is 1.78. The van der Waals surface area contributed by atoms with E-state index in [9.17, 15) is 14.0 Å². The Morgan fingerprint density at radius 2 is 1.96 bits per heavy atom. The molecule has 1 aromatic carbocycles. The number of nitrogens with zero attached hydrogens (tertiary/aromatic N) is 2. The van der Waals surface area contributed by atoms with Crippen LogP contribution in [0.4, 0.5) is 14.2 Å². The first-order chi connectivity index (χ1) is 12.4. The number of carbonyl (C=O) groups excluding carboxylic acids is 2. The molecule has 2 heterocycles. The summed E-state index contributed by atoms with van der Waals surface area (Å²) in [5.41, 5.74) is 0.792. The van der Waals surface area contributed by atoms with Crippen molar-refractivity contribution < 1.29 is 14.0 Å². The molecule has 1 saturated heterocycles. The molecule has 3 rings (SSSR count). The van der Waals surface area contributed by atoms with E-state index in [0.29, 0.717) is 13.1 Å². The van der Waals surface area contributed by atoms with Crippen molar-refractivity contribution in [3.8, 4) is 10.4 Å². The third kappa shape index (κ3) is 4.22. The first kappa shape index (κ1) is 18.4. The highest BCUT2D eigenvalue weighted by Gasteiger charge is 2.26. The van der Waals surface area contributed by atoms with Crippen LogP contribution in [-0.4, -0.2) is 47.9 Å². The van der Waals surface area contributed by atoms with E-state index in [0.717, 1.165) is 28.3 Å². The van der Waals surface area contributed by atoms with Crippen LogP contribution in [0.15, 0.2) is 36.4 Å². The van der Waals surface area contributed by atoms with Crippen LogP contribution in [0.1, 0.15) is 19.8 Å². The lowest BCUT2D eigenvalue weighted by atomic mass is 10.0. The van der Waals surface area contributed by atoms with Gasteiger partial charge < -0.3 is 9.80 Å². The predicted molar refractivity (Wildman–Crippen MR) is 102 cm³/mol. The zero-order valence-corrected chi connectivity index (χ0v) is 15.7. The highest BCUT2D eigenvalue weighted by molar-refractivity contribution is 7.19. The van der Waals surface area contributed by atoms with Crippen LogP contribution in [-0.2, 0) is 4.79 Å². The van der Waals surface area contributed by atoms with Crippen molar-refractivity contribution >= 4 is 28.3 Å². The number of thiophene rings is 1. The average Bonchev–Trinajstić information content (AvgIpc) is 3.09. The Labute approximate surface area is 156 Å². The molecule has 1 N–H and O–H groups in total. The summed E-state index contributed by atoms with van der Waals surface area (Å²) in [5, 5.41) is 3.63. The molecule has 0 unspecified atom stereocenters. The molecule has 7 heteroatoms. The van der Waals surface area contributed by atoms with Gasteiger partial charge >= 0.3 is 6.03 Å². The molecule has 138 valence electrons. The van der Waals surface area contributed by atoms with Gasteiger partial charge in [-0.1, -0.05) is 12.1 Å². The number of carbonyl (C=O) groups is 2. The highest BCUT2D eigenvalue weighted by atomic mass is 32.1. The lowest BCUT2D eigenvalue weighted by Gasteiger charge is -2.36. The summed E-state index contributed by atoms with van der Waals surface area (Å²) in [6, 6.07) is 10.1. The van der Waals surface area contributed by atoms with E-state index in [1.807, 2.05) is 23.1 Å². The van der Waals surface area contributed by atoms with E-state index in [-0.39, 0.29) is 23.8 Å². The van der Waals surface area contributed by atoms with Gasteiger partial charge in [-0.05, 0) is 42.7 Å². The number of anilines is 1. The van der Waals surface area contributed by atoms with E-state index >= 15 is 0 Å². The SMILES string of the molecule is CC(=O)N1CCC(N(C)C(=O)Nc2ccc(-c3cccc(F)c3)s2)CC1. The minimum atomic E-state index is -0.280. The van der Waals surface area contributed by atoms with Crippen molar-refractivity contribution in [2.45, 2.75) is 25.8 Å². The van der Waals surface area contributed by atoms with Gasteiger partial charge in [0, 0.05) is 38.0 Å². The van der Waals surface area contributed by atoms with Gasteiger partial charge in [0.1, 0.15) is 5.82 Å². The van der Waals surface area contributed by atoms with Crippen LogP contribution in [0.3, 0.4) is 0 Å². The molecule has 0 radical (unpaired) electrons. The standard InChI is InChI=1S/C19H22FN3O2S/c1-13(24)23-10-8-16(9-11-23)22(2)19(25)21-18-7-6-17(26-18)14-4-3-5-15(20)12-14/h3-7,12,16H,8-11H2,1-2H3,(H,21,25). The monoisotopic (exact) mass is 375 g/mol. The Bertz CT molecular complexity index is 800. The van der Waals surface area contributed by atoms with Crippen LogP contribution in [0.25, 0.3) is 10.4 Å². The Balaban J connectivity index is 1.59. The number of piperidine rings is 1. The van der Waals surface area contributed by atoms with Gasteiger partial charge in [0.15, 0.2) is 0 Å². The highest BCUT2D eigenvalue weighted by Crippen LogP contribution is 2.32. The van der Waals surface area contributed by atoms with E-state index < -0.39 is 0 Å². The van der Waals surface area contributed by atoms with Crippen molar-refractivity contribution in [1.82, 2.24) is 9.80 Å². The second kappa shape index (κ2) is 7.86. The number of amides is 3. The maximum atomic E-state index is 13.4. The second-order valence-electron chi connectivity index (χ2n) is 6.45. The Hall–Kier alpha value is -2.41. The first-order valence-electron chi connectivity index (χ1n) is 8.59. The normalized spacial score (nSPS) is 15.0. The maximum Gasteiger partial charge on any atom is 0.322 e. The van der Waals surface area contributed by atoms with Gasteiger partial charge in [-0.3, -0.25) is 10.1 Å². The molecule has 0 bridgehead atoms. The van der Waals surface area contributed by atoms with E-state index in [1.54, 1.807) is 24.9 Å². The number of hydrogen-bond donors (Lipinski definition) is 1. The van der Waals surface area contributed by atoms with Gasteiger partial charge in [0.05, 0.1) is 5.00 Å². The summed E-state index contributed by atoms with van der Waals surface area (Å²) in [5.74, 6) is -0.197. The third-order valence-electron chi connectivity index (χ3n) is 4.72. The van der Waals surface area contributed by atoms with Gasteiger partial charge in [-0.25, -0.2) is 9.18 Å². The summed E-state index contributed by atoms with van der Waals surface area (Å²) < 4.78 is 13.4. The van der Waals surface area contributed by atoms with Crippen molar-refractivity contribution in [2.75, 3.05) is 25.5 Å². The summed E-state index contributed by atoms with van der Waals surface area (Å²) >= 11 is 1.41. The van der Waals surface area contributed by atoms with Crippen LogP contribution >= 0.6 is 11.3 Å². The molecule has 1 fully saturated rings. The number of rotatable bonds is 3. The number of likely N-dealkylation sites (tertiary alicyclic amines) is 1. The minimum absolute atomic E-state index is 0.0824. The Morgan fingerprint density at radius 3 is 2.62 bits per heavy atom. The largest absolute Gasteiger partial charge is 0.343 e. The van der Waals surface area contributed by atoms with Gasteiger partial charge in [0.25, 0.3) is 0 Å². The quantitative estimate of drug-likeness (QED) is 0.881. The summed E-state index contributed by atoms with van der Waals surface area (Å²) in [4.78, 5) is 28.3. The van der Waals surface area contributed by atoms with Gasteiger partial charge in [-0.2, -0.15) is 0 Å². The van der Waals surface area contributed by atoms with Crippen molar-refractivity contribution in [2.24, 2.45) is 0 Å². The molecular formula is C19H22FN3O2S. The smallest absolute Gasteiger partial charge is 0.322 e. The minimum Gasteiger partial charge on any atom is -0.343 e. The van der Waals surface area contributed by atoms with Crippen LogP contribution in [0.5, 0.6) is 0 Å². The van der Waals surface area contributed by atoms with E-state index in [2.05, 4.69) is 5.32 Å². The molecule has 1 aliphatic rings. The van der Waals surface area contributed by atoms with Gasteiger partial charge in [0.2, 0.25) is 5.91 Å². The molecule has 1 aliphatic heterocycles. The van der Waals surface area contributed by atoms with Crippen molar-refractivity contribution in [3.05, 3.63) is 42.2 Å². The van der Waals surface area contributed by atoms with Crippen LogP contribution in [0, 0.1) is 5.82 Å². The predicted octanol–water partition coefficient (Wildman–Crippen LogP) is 4.03. The Morgan fingerprint density at radius 1 is 1.23 bits per heavy atom. The maximum absolute atomic E-state index is 13.4. The number of hydrogen-bond acceptors (Lipinski definition) is 3.